The van der Waals surface area contributed by atoms with E-state index in [0.717, 1.165) is 0 Å². The number of benzene rings is 2. The van der Waals surface area contributed by atoms with Crippen molar-refractivity contribution in [2.75, 3.05) is 26.8 Å². The van der Waals surface area contributed by atoms with Crippen LogP contribution in [0.2, 0.25) is 0 Å². The fourth-order valence-corrected chi connectivity index (χ4v) is 2.84. The lowest BCUT2D eigenvalue weighted by Crippen LogP contribution is -2.39. The molecule has 0 aromatic heterocycles. The van der Waals surface area contributed by atoms with Crippen LogP contribution in [0.3, 0.4) is 0 Å². The second-order valence-corrected chi connectivity index (χ2v) is 6.12. The SMILES string of the molecule is COc1ccc(C(O)CNCC2COc3c(F)cccc3O2)cc1C(N)=O. The molecule has 0 saturated carbocycles. The largest absolute Gasteiger partial charge is 0.496 e. The minimum atomic E-state index is -0.858. The summed E-state index contributed by atoms with van der Waals surface area (Å²) in [4.78, 5) is 11.5. The Bertz CT molecular complexity index is 830. The Labute approximate surface area is 155 Å². The number of halogens is 1. The highest BCUT2D eigenvalue weighted by Crippen LogP contribution is 2.33. The lowest BCUT2D eigenvalue weighted by molar-refractivity contribution is 0.0820. The molecule has 3 rings (SSSR count). The first-order valence-electron chi connectivity index (χ1n) is 8.44. The number of carbonyl (C=O) groups excluding carboxylic acids is 1. The molecule has 0 bridgehead atoms. The van der Waals surface area contributed by atoms with Crippen molar-refractivity contribution >= 4 is 5.91 Å². The number of carbonyl (C=O) groups is 1. The lowest BCUT2D eigenvalue weighted by atomic mass is 10.0. The molecule has 1 aliphatic rings. The van der Waals surface area contributed by atoms with Gasteiger partial charge in [0.1, 0.15) is 18.5 Å². The van der Waals surface area contributed by atoms with Gasteiger partial charge in [0.25, 0.3) is 5.91 Å². The number of hydrogen-bond donors (Lipinski definition) is 3. The van der Waals surface area contributed by atoms with E-state index >= 15 is 0 Å². The maximum atomic E-state index is 13.6. The Hall–Kier alpha value is -2.84. The highest BCUT2D eigenvalue weighted by atomic mass is 19.1. The first kappa shape index (κ1) is 18.9. The molecular weight excluding hydrogens is 355 g/mol. The molecule has 1 amide bonds. The zero-order chi connectivity index (χ0) is 19.4. The second kappa shape index (κ2) is 8.24. The van der Waals surface area contributed by atoms with Crippen LogP contribution < -0.4 is 25.3 Å². The van der Waals surface area contributed by atoms with Gasteiger partial charge in [-0.3, -0.25) is 4.79 Å². The fourth-order valence-electron chi connectivity index (χ4n) is 2.84. The summed E-state index contributed by atoms with van der Waals surface area (Å²) in [5.41, 5.74) is 6.07. The number of aliphatic hydroxyl groups excluding tert-OH is 1. The van der Waals surface area contributed by atoms with Crippen LogP contribution in [0.15, 0.2) is 36.4 Å². The fraction of sp³-hybridized carbons (Fsp3) is 0.316. The van der Waals surface area contributed by atoms with E-state index in [-0.39, 0.29) is 30.6 Å². The van der Waals surface area contributed by atoms with E-state index in [1.807, 2.05) is 0 Å². The van der Waals surface area contributed by atoms with E-state index in [1.165, 1.54) is 19.2 Å². The van der Waals surface area contributed by atoms with Gasteiger partial charge in [-0.2, -0.15) is 0 Å². The topological polar surface area (TPSA) is 103 Å². The van der Waals surface area contributed by atoms with Crippen LogP contribution in [0.25, 0.3) is 0 Å². The van der Waals surface area contributed by atoms with E-state index in [4.69, 9.17) is 19.9 Å². The van der Waals surface area contributed by atoms with Crippen molar-refractivity contribution in [1.82, 2.24) is 5.32 Å². The molecule has 0 aliphatic carbocycles. The number of rotatable bonds is 7. The molecule has 2 aromatic rings. The van der Waals surface area contributed by atoms with Gasteiger partial charge in [-0.15, -0.1) is 0 Å². The average Bonchev–Trinajstić information content (AvgIpc) is 2.67. The number of fused-ring (bicyclic) bond motifs is 1. The van der Waals surface area contributed by atoms with Crippen molar-refractivity contribution < 1.29 is 28.5 Å². The smallest absolute Gasteiger partial charge is 0.252 e. The van der Waals surface area contributed by atoms with E-state index < -0.39 is 17.8 Å². The van der Waals surface area contributed by atoms with Crippen molar-refractivity contribution in [3.05, 3.63) is 53.3 Å². The normalized spacial score (nSPS) is 16.6. The van der Waals surface area contributed by atoms with Crippen molar-refractivity contribution in [2.45, 2.75) is 12.2 Å². The second-order valence-electron chi connectivity index (χ2n) is 6.12. The molecule has 8 heteroatoms. The Morgan fingerprint density at radius 3 is 3.00 bits per heavy atom. The lowest BCUT2D eigenvalue weighted by Gasteiger charge is -2.27. The Balaban J connectivity index is 1.55. The minimum absolute atomic E-state index is 0.117. The number of amides is 1. The maximum absolute atomic E-state index is 13.6. The van der Waals surface area contributed by atoms with Crippen molar-refractivity contribution in [2.24, 2.45) is 5.73 Å². The van der Waals surface area contributed by atoms with Crippen molar-refractivity contribution in [3.8, 4) is 17.2 Å². The quantitative estimate of drug-likeness (QED) is 0.675. The highest BCUT2D eigenvalue weighted by molar-refractivity contribution is 5.95. The van der Waals surface area contributed by atoms with E-state index in [2.05, 4.69) is 5.32 Å². The summed E-state index contributed by atoms with van der Waals surface area (Å²) in [5.74, 6) is -0.266. The molecule has 2 atom stereocenters. The van der Waals surface area contributed by atoms with Crippen LogP contribution in [0.1, 0.15) is 22.0 Å². The zero-order valence-electron chi connectivity index (χ0n) is 14.8. The molecule has 27 heavy (non-hydrogen) atoms. The van der Waals surface area contributed by atoms with Gasteiger partial charge in [-0.05, 0) is 29.8 Å². The van der Waals surface area contributed by atoms with E-state index in [1.54, 1.807) is 24.3 Å². The highest BCUT2D eigenvalue weighted by Gasteiger charge is 2.23. The third kappa shape index (κ3) is 4.29. The molecule has 2 unspecified atom stereocenters. The number of nitrogens with two attached hydrogens (primary N) is 1. The van der Waals surface area contributed by atoms with Gasteiger partial charge in [-0.25, -0.2) is 4.39 Å². The number of hydrogen-bond acceptors (Lipinski definition) is 6. The predicted molar refractivity (Wildman–Crippen MR) is 95.7 cm³/mol. The molecule has 1 heterocycles. The molecular formula is C19H21FN2O5. The molecule has 2 aromatic carbocycles. The van der Waals surface area contributed by atoms with Gasteiger partial charge in [0, 0.05) is 13.1 Å². The van der Waals surface area contributed by atoms with E-state index in [9.17, 15) is 14.3 Å². The van der Waals surface area contributed by atoms with Crippen LogP contribution in [0.5, 0.6) is 17.2 Å². The molecule has 0 saturated heterocycles. The third-order valence-electron chi connectivity index (χ3n) is 4.22. The number of para-hydroxylation sites is 1. The number of aliphatic hydroxyl groups is 1. The monoisotopic (exact) mass is 376 g/mol. The van der Waals surface area contributed by atoms with Crippen LogP contribution >= 0.6 is 0 Å². The number of primary amides is 1. The van der Waals surface area contributed by atoms with Crippen LogP contribution in [0.4, 0.5) is 4.39 Å². The van der Waals surface area contributed by atoms with E-state index in [0.29, 0.717) is 23.6 Å². The van der Waals surface area contributed by atoms with Gasteiger partial charge in [0.05, 0.1) is 18.8 Å². The number of methoxy groups -OCH3 is 1. The summed E-state index contributed by atoms with van der Waals surface area (Å²) in [5, 5.41) is 13.4. The van der Waals surface area contributed by atoms with Crippen LogP contribution in [-0.2, 0) is 0 Å². The summed E-state index contributed by atoms with van der Waals surface area (Å²) in [6.07, 6.45) is -1.17. The van der Waals surface area contributed by atoms with Gasteiger partial charge in [0.2, 0.25) is 0 Å². The molecule has 144 valence electrons. The maximum Gasteiger partial charge on any atom is 0.252 e. The van der Waals surface area contributed by atoms with Crippen LogP contribution in [-0.4, -0.2) is 43.9 Å². The summed E-state index contributed by atoms with van der Waals surface area (Å²) < 4.78 is 29.8. The Morgan fingerprint density at radius 1 is 1.44 bits per heavy atom. The number of nitrogens with one attached hydrogen (secondary N) is 1. The van der Waals surface area contributed by atoms with Gasteiger partial charge in [0.15, 0.2) is 17.3 Å². The van der Waals surface area contributed by atoms with Gasteiger partial charge >= 0.3 is 0 Å². The zero-order valence-corrected chi connectivity index (χ0v) is 14.8. The first-order valence-corrected chi connectivity index (χ1v) is 8.44. The summed E-state index contributed by atoms with van der Waals surface area (Å²) in [6.45, 7) is 0.817. The molecule has 0 spiro atoms. The number of ether oxygens (including phenoxy) is 3. The standard InChI is InChI=1S/C19H21FN2O5/c1-25-16-6-5-11(7-13(16)19(21)24)15(23)9-22-8-12-10-26-18-14(20)3-2-4-17(18)27-12/h2-7,12,15,22-23H,8-10H2,1H3,(H2,21,24). The van der Waals surface area contributed by atoms with Gasteiger partial charge in [-0.1, -0.05) is 12.1 Å². The Morgan fingerprint density at radius 2 is 2.26 bits per heavy atom. The van der Waals surface area contributed by atoms with Crippen LogP contribution in [0, 0.1) is 5.82 Å². The van der Waals surface area contributed by atoms with Crippen molar-refractivity contribution in [3.63, 3.8) is 0 Å². The third-order valence-corrected chi connectivity index (χ3v) is 4.22. The molecule has 1 aliphatic heterocycles. The molecule has 0 radical (unpaired) electrons. The first-order chi connectivity index (χ1) is 13.0. The molecule has 4 N–H and O–H groups in total. The summed E-state index contributed by atoms with van der Waals surface area (Å²) in [7, 11) is 1.44. The van der Waals surface area contributed by atoms with Crippen molar-refractivity contribution in [1.29, 1.82) is 0 Å². The Kier molecular flexibility index (Phi) is 5.78. The summed E-state index contributed by atoms with van der Waals surface area (Å²) >= 11 is 0. The predicted octanol–water partition coefficient (Wildman–Crippen LogP) is 1.40. The molecule has 7 nitrogen and oxygen atoms in total. The van der Waals surface area contributed by atoms with Gasteiger partial charge < -0.3 is 30.4 Å². The molecule has 0 fully saturated rings. The minimum Gasteiger partial charge on any atom is -0.496 e. The summed E-state index contributed by atoms with van der Waals surface area (Å²) in [6, 6.07) is 9.26. The average molecular weight is 376 g/mol.